The maximum Gasteiger partial charge on any atom is 0.410 e. The third kappa shape index (κ3) is 13.1. The quantitative estimate of drug-likeness (QED) is 0.131. The van der Waals surface area contributed by atoms with Crippen molar-refractivity contribution < 1.29 is 19.0 Å². The number of nitrogens with zero attached hydrogens (tertiary/aromatic N) is 15. The van der Waals surface area contributed by atoms with E-state index in [2.05, 4.69) is 65.5 Å². The van der Waals surface area contributed by atoms with E-state index in [9.17, 15) is 4.79 Å². The predicted molar refractivity (Wildman–Crippen MR) is 271 cm³/mol. The molecule has 0 radical (unpaired) electrons. The Balaban J connectivity index is 0.000000179. The Morgan fingerprint density at radius 1 is 0.563 bits per heavy atom. The van der Waals surface area contributed by atoms with Crippen molar-refractivity contribution in [3.05, 3.63) is 73.6 Å². The summed E-state index contributed by atoms with van der Waals surface area (Å²) in [4.78, 5) is 67.4. The first-order chi connectivity index (χ1) is 34.5. The number of hydrogen-bond donors (Lipinski definition) is 5. The van der Waals surface area contributed by atoms with Gasteiger partial charge in [0.2, 0.25) is 23.8 Å². The molecule has 4 aliphatic heterocycles. The number of pyridine rings is 2. The molecule has 0 aromatic carbocycles. The zero-order valence-corrected chi connectivity index (χ0v) is 40.2. The zero-order chi connectivity index (χ0) is 49.2. The summed E-state index contributed by atoms with van der Waals surface area (Å²) in [5.74, 6) is 4.79. The van der Waals surface area contributed by atoms with E-state index >= 15 is 0 Å². The average molecular weight is 969 g/mol. The van der Waals surface area contributed by atoms with E-state index in [1.807, 2.05) is 63.4 Å². The molecule has 0 bridgehead atoms. The van der Waals surface area contributed by atoms with E-state index in [1.165, 1.54) is 0 Å². The van der Waals surface area contributed by atoms with Crippen LogP contribution in [0.3, 0.4) is 0 Å². The number of carbonyl (C=O) groups is 1. The van der Waals surface area contributed by atoms with Gasteiger partial charge in [0.1, 0.15) is 28.9 Å². The summed E-state index contributed by atoms with van der Waals surface area (Å²) in [7, 11) is 0. The van der Waals surface area contributed by atoms with Gasteiger partial charge in [0.25, 0.3) is 0 Å². The Bertz CT molecular complexity index is 2670. The van der Waals surface area contributed by atoms with Crippen molar-refractivity contribution in [1.82, 2.24) is 60.1 Å². The number of nitrogens with one attached hydrogen (secondary N) is 3. The van der Waals surface area contributed by atoms with Gasteiger partial charge in [0, 0.05) is 127 Å². The predicted octanol–water partition coefficient (Wildman–Crippen LogP) is 3.45. The largest absolute Gasteiger partial charge is 0.444 e. The lowest BCUT2D eigenvalue weighted by Crippen LogP contribution is -2.50. The maximum atomic E-state index is 12.4. The van der Waals surface area contributed by atoms with Crippen molar-refractivity contribution in [2.75, 3.05) is 147 Å². The molecule has 71 heavy (non-hydrogen) atoms. The number of rotatable bonds is 10. The van der Waals surface area contributed by atoms with Crippen LogP contribution in [-0.2, 0) is 14.2 Å². The van der Waals surface area contributed by atoms with Crippen LogP contribution in [0.15, 0.2) is 73.6 Å². The minimum absolute atomic E-state index is 0.206. The minimum Gasteiger partial charge on any atom is -0.444 e. The molecule has 0 spiro atoms. The van der Waals surface area contributed by atoms with Gasteiger partial charge in [0.05, 0.1) is 61.6 Å². The highest BCUT2D eigenvalue weighted by molar-refractivity contribution is 5.70. The minimum atomic E-state index is -0.505. The highest BCUT2D eigenvalue weighted by Gasteiger charge is 2.27. The molecule has 6 aromatic rings. The Kier molecular flexibility index (Phi) is 15.1. The lowest BCUT2D eigenvalue weighted by Gasteiger charge is -2.36. The van der Waals surface area contributed by atoms with Gasteiger partial charge in [-0.25, -0.2) is 44.7 Å². The molecule has 0 aliphatic carbocycles. The van der Waals surface area contributed by atoms with Gasteiger partial charge < -0.3 is 66.1 Å². The van der Waals surface area contributed by atoms with Gasteiger partial charge >= 0.3 is 6.09 Å². The van der Waals surface area contributed by atoms with E-state index in [0.29, 0.717) is 94.9 Å². The molecule has 10 rings (SSSR count). The van der Waals surface area contributed by atoms with E-state index in [0.717, 1.165) is 79.1 Å². The molecule has 10 heterocycles. The Labute approximate surface area is 411 Å². The van der Waals surface area contributed by atoms with Crippen molar-refractivity contribution >= 4 is 64.5 Å². The number of hydrogen-bond acceptors (Lipinski definition) is 23. The van der Waals surface area contributed by atoms with Crippen LogP contribution in [0.5, 0.6) is 0 Å². The SMILES string of the molecule is CC(C)(C)OC(=O)N1CCN(c2ccc(Nc3cc(-c4cnc(N)nc4)nc(N4CCOCC4)n3)cn2)CC1.Nc1ncc(-c2cc(Nc3ccc(N4CCNCC4)nc3)nc(N3CCOCC3)n2)cn1. The average Bonchev–Trinajstić information content (AvgIpc) is 3.40. The lowest BCUT2D eigenvalue weighted by atomic mass is 10.2. The van der Waals surface area contributed by atoms with Crippen molar-refractivity contribution in [2.24, 2.45) is 0 Å². The number of carbonyl (C=O) groups excluding carboxylic acids is 1. The first-order valence-corrected chi connectivity index (χ1v) is 23.7. The number of anilines is 10. The summed E-state index contributed by atoms with van der Waals surface area (Å²) in [5, 5.41) is 10.1. The molecule has 24 nitrogen and oxygen atoms in total. The van der Waals surface area contributed by atoms with Crippen molar-refractivity contribution in [2.45, 2.75) is 26.4 Å². The summed E-state index contributed by atoms with van der Waals surface area (Å²) in [5.41, 5.74) is 15.4. The highest BCUT2D eigenvalue weighted by atomic mass is 16.6. The number of nitrogen functional groups attached to an aromatic ring is 2. The molecule has 1 amide bonds. The van der Waals surface area contributed by atoms with Crippen molar-refractivity contribution in [3.63, 3.8) is 0 Å². The standard InChI is InChI=1S/C26H34N10O3.C21H26N10O/c1-26(2,3)39-25(37)36-8-6-34(7-9-36)22-5-4-19(17-28-22)31-21-14-20(18-15-29-23(27)30-16-18)32-24(33-21)35-10-12-38-13-11-35;22-20-25-12-15(13-26-20)17-11-18(29-21(28-17)31-7-9-32-10-8-31)27-16-1-2-19(24-14-16)30-5-3-23-4-6-30/h4-5,14-17H,6-13H2,1-3H3,(H2,27,29,30)(H,31,32,33);1-2,11-14,23H,3-10H2,(H2,22,25,26)(H,27,28,29). The number of nitrogens with two attached hydrogens (primary N) is 2. The van der Waals surface area contributed by atoms with Gasteiger partial charge in [0.15, 0.2) is 0 Å². The van der Waals surface area contributed by atoms with E-state index in [1.54, 1.807) is 35.9 Å². The van der Waals surface area contributed by atoms with E-state index < -0.39 is 5.60 Å². The van der Waals surface area contributed by atoms with Crippen molar-refractivity contribution in [3.8, 4) is 22.5 Å². The van der Waals surface area contributed by atoms with Gasteiger partial charge in [-0.05, 0) is 45.0 Å². The normalized spacial score (nSPS) is 16.5. The molecular weight excluding hydrogens is 909 g/mol. The maximum absolute atomic E-state index is 12.4. The topological polar surface area (TPSA) is 278 Å². The molecule has 24 heteroatoms. The first kappa shape index (κ1) is 48.2. The highest BCUT2D eigenvalue weighted by Crippen LogP contribution is 2.28. The fourth-order valence-corrected chi connectivity index (χ4v) is 7.97. The Morgan fingerprint density at radius 2 is 1.00 bits per heavy atom. The second kappa shape index (κ2) is 22.3. The van der Waals surface area contributed by atoms with Crippen LogP contribution in [0.25, 0.3) is 22.5 Å². The van der Waals surface area contributed by atoms with Crippen molar-refractivity contribution in [1.29, 1.82) is 0 Å². The third-order valence-corrected chi connectivity index (χ3v) is 11.7. The fourth-order valence-electron chi connectivity index (χ4n) is 7.97. The number of ether oxygens (including phenoxy) is 3. The fraction of sp³-hybridized carbons (Fsp3) is 0.426. The number of piperazine rings is 2. The first-order valence-electron chi connectivity index (χ1n) is 23.7. The van der Waals surface area contributed by atoms with Crippen LogP contribution in [0.1, 0.15) is 20.8 Å². The molecule has 0 atom stereocenters. The zero-order valence-electron chi connectivity index (χ0n) is 40.2. The number of morpholine rings is 2. The molecule has 0 saturated carbocycles. The Hall–Kier alpha value is -7.83. The Morgan fingerprint density at radius 3 is 1.41 bits per heavy atom. The van der Waals surface area contributed by atoms with Crippen LogP contribution >= 0.6 is 0 Å². The summed E-state index contributed by atoms with van der Waals surface area (Å²) in [6, 6.07) is 11.7. The van der Waals surface area contributed by atoms with Gasteiger partial charge in [-0.2, -0.15) is 9.97 Å². The molecule has 6 aromatic heterocycles. The van der Waals surface area contributed by atoms with Crippen LogP contribution in [0.2, 0.25) is 0 Å². The monoisotopic (exact) mass is 969 g/mol. The van der Waals surface area contributed by atoms with Gasteiger partial charge in [-0.15, -0.1) is 0 Å². The number of aromatic nitrogens is 10. The summed E-state index contributed by atoms with van der Waals surface area (Å²) in [6.07, 6.45) is 9.97. The number of amides is 1. The molecule has 4 fully saturated rings. The van der Waals surface area contributed by atoms with E-state index in [4.69, 9.17) is 45.6 Å². The molecule has 4 aliphatic rings. The smallest absolute Gasteiger partial charge is 0.410 e. The summed E-state index contributed by atoms with van der Waals surface area (Å²) < 4.78 is 16.5. The van der Waals surface area contributed by atoms with E-state index in [-0.39, 0.29) is 18.0 Å². The molecular formula is C47H60N20O4. The summed E-state index contributed by atoms with van der Waals surface area (Å²) in [6.45, 7) is 17.5. The van der Waals surface area contributed by atoms with Crippen LogP contribution < -0.4 is 47.0 Å². The summed E-state index contributed by atoms with van der Waals surface area (Å²) >= 11 is 0. The van der Waals surface area contributed by atoms with Gasteiger partial charge in [-0.1, -0.05) is 0 Å². The van der Waals surface area contributed by atoms with Crippen LogP contribution in [-0.4, -0.2) is 171 Å². The lowest BCUT2D eigenvalue weighted by molar-refractivity contribution is 0.0240. The second-order valence-electron chi connectivity index (χ2n) is 18.0. The van der Waals surface area contributed by atoms with Gasteiger partial charge in [-0.3, -0.25) is 0 Å². The van der Waals surface area contributed by atoms with Crippen LogP contribution in [0.4, 0.5) is 63.2 Å². The molecule has 0 unspecified atom stereocenters. The van der Waals surface area contributed by atoms with Crippen LogP contribution in [0, 0.1) is 0 Å². The third-order valence-electron chi connectivity index (χ3n) is 11.7. The molecule has 7 N–H and O–H groups in total. The molecule has 4 saturated heterocycles. The second-order valence-corrected chi connectivity index (χ2v) is 18.0. The molecule has 372 valence electrons.